The van der Waals surface area contributed by atoms with Gasteiger partial charge in [-0.3, -0.25) is 4.79 Å². The van der Waals surface area contributed by atoms with Crippen molar-refractivity contribution >= 4 is 17.5 Å². The molecule has 0 saturated carbocycles. The molecular weight excluding hydrogens is 350 g/mol. The Balaban J connectivity index is 1.79. The summed E-state index contributed by atoms with van der Waals surface area (Å²) >= 11 is 6.10. The van der Waals surface area contributed by atoms with Crippen molar-refractivity contribution in [2.45, 2.75) is 39.5 Å². The molecular formula is C19H26ClN5O. The zero-order valence-electron chi connectivity index (χ0n) is 15.4. The van der Waals surface area contributed by atoms with Crippen LogP contribution in [0.1, 0.15) is 49.3 Å². The van der Waals surface area contributed by atoms with Gasteiger partial charge in [-0.25, -0.2) is 4.68 Å². The predicted molar refractivity (Wildman–Crippen MR) is 103 cm³/mol. The Morgan fingerprint density at radius 3 is 2.85 bits per heavy atom. The second-order valence-electron chi connectivity index (χ2n) is 7.27. The lowest BCUT2D eigenvalue weighted by atomic mass is 9.81. The van der Waals surface area contributed by atoms with Gasteiger partial charge in [-0.1, -0.05) is 43.1 Å². The molecule has 1 aromatic carbocycles. The fourth-order valence-corrected chi connectivity index (χ4v) is 3.52. The first-order valence-electron chi connectivity index (χ1n) is 9.22. The molecule has 1 aliphatic rings. The Bertz CT molecular complexity index is 767. The highest BCUT2D eigenvalue weighted by atomic mass is 35.5. The maximum absolute atomic E-state index is 12.8. The van der Waals surface area contributed by atoms with Gasteiger partial charge < -0.3 is 10.6 Å². The van der Waals surface area contributed by atoms with Gasteiger partial charge in [0.15, 0.2) is 5.69 Å². The summed E-state index contributed by atoms with van der Waals surface area (Å²) in [6.45, 7) is 6.96. The number of benzene rings is 1. The van der Waals surface area contributed by atoms with E-state index in [1.165, 1.54) is 0 Å². The van der Waals surface area contributed by atoms with Crippen LogP contribution in [0.4, 0.5) is 0 Å². The second kappa shape index (κ2) is 8.18. The molecule has 0 atom stereocenters. The molecule has 0 bridgehead atoms. The molecule has 1 amide bonds. The molecule has 2 heterocycles. The minimum atomic E-state index is -0.151. The molecule has 1 saturated heterocycles. The Labute approximate surface area is 159 Å². The van der Waals surface area contributed by atoms with E-state index in [1.54, 1.807) is 4.68 Å². The quantitative estimate of drug-likeness (QED) is 0.814. The number of hydrogen-bond acceptors (Lipinski definition) is 4. The van der Waals surface area contributed by atoms with Crippen LogP contribution in [-0.4, -0.2) is 40.5 Å². The number of amides is 1. The molecule has 7 heteroatoms. The molecule has 3 rings (SSSR count). The van der Waals surface area contributed by atoms with Crippen LogP contribution in [0.15, 0.2) is 24.3 Å². The van der Waals surface area contributed by atoms with E-state index in [1.807, 2.05) is 24.3 Å². The summed E-state index contributed by atoms with van der Waals surface area (Å²) in [5.41, 5.74) is 2.18. The van der Waals surface area contributed by atoms with Gasteiger partial charge in [-0.2, -0.15) is 0 Å². The number of rotatable bonds is 6. The van der Waals surface area contributed by atoms with E-state index in [4.69, 9.17) is 11.6 Å². The molecule has 140 valence electrons. The number of piperidine rings is 1. The Morgan fingerprint density at radius 2 is 2.15 bits per heavy atom. The number of carbonyl (C=O) groups is 1. The van der Waals surface area contributed by atoms with Crippen molar-refractivity contribution in [2.75, 3.05) is 19.6 Å². The molecule has 0 radical (unpaired) electrons. The van der Waals surface area contributed by atoms with Crippen molar-refractivity contribution in [2.24, 2.45) is 5.41 Å². The molecule has 2 N–H and O–H groups in total. The van der Waals surface area contributed by atoms with Crippen LogP contribution >= 0.6 is 11.6 Å². The zero-order valence-corrected chi connectivity index (χ0v) is 16.1. The Kier molecular flexibility index (Phi) is 5.94. The van der Waals surface area contributed by atoms with Crippen molar-refractivity contribution in [3.63, 3.8) is 0 Å². The van der Waals surface area contributed by atoms with Gasteiger partial charge in [0.2, 0.25) is 0 Å². The Hall–Kier alpha value is -1.92. The van der Waals surface area contributed by atoms with Crippen LogP contribution in [-0.2, 0) is 6.42 Å². The number of aromatic nitrogens is 3. The molecule has 1 fully saturated rings. The smallest absolute Gasteiger partial charge is 0.273 e. The van der Waals surface area contributed by atoms with Crippen LogP contribution in [0.25, 0.3) is 5.69 Å². The number of nitrogens with one attached hydrogen (secondary N) is 2. The third kappa shape index (κ3) is 4.24. The normalized spacial score (nSPS) is 16.4. The van der Waals surface area contributed by atoms with Crippen LogP contribution in [0, 0.1) is 5.41 Å². The summed E-state index contributed by atoms with van der Waals surface area (Å²) in [5, 5.41) is 15.5. The summed E-state index contributed by atoms with van der Waals surface area (Å²) in [6, 6.07) is 7.42. The monoisotopic (exact) mass is 375 g/mol. The van der Waals surface area contributed by atoms with Crippen molar-refractivity contribution in [1.29, 1.82) is 0 Å². The average molecular weight is 376 g/mol. The molecule has 0 unspecified atom stereocenters. The van der Waals surface area contributed by atoms with E-state index in [9.17, 15) is 4.79 Å². The average Bonchev–Trinajstić information content (AvgIpc) is 3.05. The van der Waals surface area contributed by atoms with Gasteiger partial charge in [-0.15, -0.1) is 5.10 Å². The van der Waals surface area contributed by atoms with Crippen molar-refractivity contribution in [1.82, 2.24) is 25.6 Å². The topological polar surface area (TPSA) is 71.8 Å². The summed E-state index contributed by atoms with van der Waals surface area (Å²) in [6.07, 6.45) is 3.75. The van der Waals surface area contributed by atoms with Crippen LogP contribution in [0.3, 0.4) is 0 Å². The minimum Gasteiger partial charge on any atom is -0.350 e. The highest BCUT2D eigenvalue weighted by Crippen LogP contribution is 2.27. The van der Waals surface area contributed by atoms with E-state index >= 15 is 0 Å². The number of halogens is 1. The first-order chi connectivity index (χ1) is 12.5. The standard InChI is InChI=1S/C19H26ClN5O/c1-3-5-16-17(18(26)22-13-19(2)8-10-21-11-9-19)23-24-25(16)15-7-4-6-14(20)12-15/h4,6-7,12,21H,3,5,8-11,13H2,1-2H3,(H,22,26). The molecule has 2 aromatic rings. The largest absolute Gasteiger partial charge is 0.350 e. The minimum absolute atomic E-state index is 0.134. The van der Waals surface area contributed by atoms with Crippen LogP contribution < -0.4 is 10.6 Å². The van der Waals surface area contributed by atoms with E-state index in [2.05, 4.69) is 34.8 Å². The second-order valence-corrected chi connectivity index (χ2v) is 7.71. The van der Waals surface area contributed by atoms with Gasteiger partial charge in [0.1, 0.15) is 0 Å². The van der Waals surface area contributed by atoms with E-state index < -0.39 is 0 Å². The number of hydrogen-bond donors (Lipinski definition) is 2. The van der Waals surface area contributed by atoms with Gasteiger partial charge >= 0.3 is 0 Å². The molecule has 0 aliphatic carbocycles. The lowest BCUT2D eigenvalue weighted by Crippen LogP contribution is -2.43. The molecule has 1 aromatic heterocycles. The first kappa shape index (κ1) is 18.9. The maximum Gasteiger partial charge on any atom is 0.273 e. The predicted octanol–water partition coefficient (Wildman–Crippen LogP) is 2.99. The lowest BCUT2D eigenvalue weighted by molar-refractivity contribution is 0.0916. The number of carbonyl (C=O) groups excluding carboxylic acids is 1. The van der Waals surface area contributed by atoms with Crippen molar-refractivity contribution in [3.05, 3.63) is 40.7 Å². The SMILES string of the molecule is CCCc1c(C(=O)NCC2(C)CCNCC2)nnn1-c1cccc(Cl)c1. The van der Waals surface area contributed by atoms with Crippen LogP contribution in [0.2, 0.25) is 5.02 Å². The van der Waals surface area contributed by atoms with Gasteiger partial charge in [0.25, 0.3) is 5.91 Å². The fourth-order valence-electron chi connectivity index (χ4n) is 3.34. The molecule has 6 nitrogen and oxygen atoms in total. The fraction of sp³-hybridized carbons (Fsp3) is 0.526. The molecule has 26 heavy (non-hydrogen) atoms. The van der Waals surface area contributed by atoms with Crippen molar-refractivity contribution in [3.8, 4) is 5.69 Å². The summed E-state index contributed by atoms with van der Waals surface area (Å²) in [7, 11) is 0. The summed E-state index contributed by atoms with van der Waals surface area (Å²) in [4.78, 5) is 12.8. The van der Waals surface area contributed by atoms with Crippen molar-refractivity contribution < 1.29 is 4.79 Å². The van der Waals surface area contributed by atoms with Gasteiger partial charge in [-0.05, 0) is 56.0 Å². The highest BCUT2D eigenvalue weighted by Gasteiger charge is 2.28. The third-order valence-corrected chi connectivity index (χ3v) is 5.24. The van der Waals surface area contributed by atoms with E-state index in [0.717, 1.165) is 50.2 Å². The maximum atomic E-state index is 12.8. The molecule has 1 aliphatic heterocycles. The summed E-state index contributed by atoms with van der Waals surface area (Å²) < 4.78 is 1.72. The Morgan fingerprint density at radius 1 is 1.38 bits per heavy atom. The number of nitrogens with zero attached hydrogens (tertiary/aromatic N) is 3. The van der Waals surface area contributed by atoms with Gasteiger partial charge in [0, 0.05) is 11.6 Å². The van der Waals surface area contributed by atoms with Gasteiger partial charge in [0.05, 0.1) is 11.4 Å². The van der Waals surface area contributed by atoms with E-state index in [0.29, 0.717) is 17.3 Å². The van der Waals surface area contributed by atoms with E-state index in [-0.39, 0.29) is 11.3 Å². The lowest BCUT2D eigenvalue weighted by Gasteiger charge is -2.34. The first-order valence-corrected chi connectivity index (χ1v) is 9.60. The summed E-state index contributed by atoms with van der Waals surface area (Å²) in [5.74, 6) is -0.151. The molecule has 0 spiro atoms. The van der Waals surface area contributed by atoms with Crippen LogP contribution in [0.5, 0.6) is 0 Å². The third-order valence-electron chi connectivity index (χ3n) is 5.00. The highest BCUT2D eigenvalue weighted by molar-refractivity contribution is 6.30. The zero-order chi connectivity index (χ0) is 18.6.